The van der Waals surface area contributed by atoms with Crippen LogP contribution in [-0.2, 0) is 0 Å². The molecule has 0 unspecified atom stereocenters. The van der Waals surface area contributed by atoms with E-state index < -0.39 is 0 Å². The zero-order valence-electron chi connectivity index (χ0n) is 16.1. The predicted molar refractivity (Wildman–Crippen MR) is 125 cm³/mol. The molecule has 1 saturated heterocycles. The first kappa shape index (κ1) is 21.4. The molecule has 0 spiro atoms. The fraction of sp³-hybridized carbons (Fsp3) is 0.238. The summed E-state index contributed by atoms with van der Waals surface area (Å²) in [5, 5.41) is 6.83. The first-order chi connectivity index (χ1) is 13.6. The van der Waals surface area contributed by atoms with Crippen LogP contribution >= 0.6 is 28.3 Å². The molecular weight excluding hydrogens is 454 g/mol. The molecule has 0 radical (unpaired) electrons. The number of piperazine rings is 1. The minimum absolute atomic E-state index is 0. The third kappa shape index (κ3) is 4.98. The standard InChI is InChI=1S/C21H22BrN5O.ClH/c1-26-10-12-27(13-11-26)20-8-9-23-18-7-6-15(14-16(18)20)24-21(28)25-19-5-3-2-4-17(19)22;/h2-9,14H,10-13H2,1H3,(H2,24,25,28);1H. The van der Waals surface area contributed by atoms with E-state index in [0.717, 1.165) is 58.6 Å². The molecule has 2 amide bonds. The van der Waals surface area contributed by atoms with E-state index in [-0.39, 0.29) is 18.4 Å². The van der Waals surface area contributed by atoms with E-state index in [2.05, 4.69) is 54.5 Å². The summed E-state index contributed by atoms with van der Waals surface area (Å²) in [4.78, 5) is 21.6. The summed E-state index contributed by atoms with van der Waals surface area (Å²) in [6.07, 6.45) is 1.85. The van der Waals surface area contributed by atoms with E-state index in [0.29, 0.717) is 0 Å². The van der Waals surface area contributed by atoms with Crippen molar-refractivity contribution >= 4 is 62.3 Å². The maximum absolute atomic E-state index is 12.4. The second-order valence-corrected chi connectivity index (χ2v) is 7.77. The maximum atomic E-state index is 12.4. The van der Waals surface area contributed by atoms with Crippen LogP contribution in [0.25, 0.3) is 10.9 Å². The number of hydrogen-bond donors (Lipinski definition) is 2. The summed E-state index contributed by atoms with van der Waals surface area (Å²) in [6.45, 7) is 4.04. The zero-order valence-corrected chi connectivity index (χ0v) is 18.5. The lowest BCUT2D eigenvalue weighted by Crippen LogP contribution is -2.44. The number of carbonyl (C=O) groups is 1. The maximum Gasteiger partial charge on any atom is 0.323 e. The Hall–Kier alpha value is -2.35. The molecule has 2 heterocycles. The highest BCUT2D eigenvalue weighted by Gasteiger charge is 2.17. The summed E-state index contributed by atoms with van der Waals surface area (Å²) < 4.78 is 0.838. The van der Waals surface area contributed by atoms with Gasteiger partial charge >= 0.3 is 6.03 Å². The van der Waals surface area contributed by atoms with Gasteiger partial charge in [-0.2, -0.15) is 0 Å². The molecule has 3 aromatic rings. The van der Waals surface area contributed by atoms with Crippen LogP contribution in [0.3, 0.4) is 0 Å². The van der Waals surface area contributed by atoms with Gasteiger partial charge in [0.05, 0.1) is 11.2 Å². The highest BCUT2D eigenvalue weighted by Crippen LogP contribution is 2.29. The molecule has 8 heteroatoms. The Morgan fingerprint density at radius 2 is 1.79 bits per heavy atom. The summed E-state index contributed by atoms with van der Waals surface area (Å²) in [6, 6.07) is 15.1. The van der Waals surface area contributed by atoms with Gasteiger partial charge in [0.1, 0.15) is 0 Å². The van der Waals surface area contributed by atoms with E-state index in [1.54, 1.807) is 0 Å². The number of likely N-dealkylation sites (N-methyl/N-ethyl adjacent to an activating group) is 1. The predicted octanol–water partition coefficient (Wildman–Crippen LogP) is 4.81. The fourth-order valence-electron chi connectivity index (χ4n) is 3.38. The largest absolute Gasteiger partial charge is 0.368 e. The molecule has 0 saturated carbocycles. The minimum atomic E-state index is -0.281. The average Bonchev–Trinajstić information content (AvgIpc) is 2.70. The van der Waals surface area contributed by atoms with Crippen LogP contribution in [0.4, 0.5) is 21.9 Å². The topological polar surface area (TPSA) is 60.5 Å². The van der Waals surface area contributed by atoms with Crippen molar-refractivity contribution in [2.24, 2.45) is 0 Å². The third-order valence-electron chi connectivity index (χ3n) is 4.94. The Kier molecular flexibility index (Phi) is 6.95. The van der Waals surface area contributed by atoms with Crippen molar-refractivity contribution in [3.05, 3.63) is 59.2 Å². The van der Waals surface area contributed by atoms with Crippen LogP contribution in [0.5, 0.6) is 0 Å². The van der Waals surface area contributed by atoms with Gasteiger partial charge in [-0.05, 0) is 59.4 Å². The number of para-hydroxylation sites is 1. The number of carbonyl (C=O) groups excluding carboxylic acids is 1. The van der Waals surface area contributed by atoms with Gasteiger partial charge in [-0.3, -0.25) is 4.98 Å². The van der Waals surface area contributed by atoms with Gasteiger partial charge in [-0.15, -0.1) is 12.4 Å². The number of amides is 2. The van der Waals surface area contributed by atoms with E-state index in [9.17, 15) is 4.79 Å². The van der Waals surface area contributed by atoms with Crippen molar-refractivity contribution in [1.82, 2.24) is 9.88 Å². The van der Waals surface area contributed by atoms with Crippen molar-refractivity contribution in [2.45, 2.75) is 0 Å². The first-order valence-corrected chi connectivity index (χ1v) is 10.0. The normalized spacial score (nSPS) is 14.3. The molecule has 1 aliphatic rings. The van der Waals surface area contributed by atoms with Crippen molar-refractivity contribution in [2.75, 3.05) is 48.8 Å². The summed E-state index contributed by atoms with van der Waals surface area (Å²) in [5.74, 6) is 0. The molecule has 0 atom stereocenters. The average molecular weight is 477 g/mol. The number of benzene rings is 2. The first-order valence-electron chi connectivity index (χ1n) is 9.25. The number of pyridine rings is 1. The Morgan fingerprint density at radius 3 is 2.55 bits per heavy atom. The SMILES string of the molecule is CN1CCN(c2ccnc3ccc(NC(=O)Nc4ccccc4Br)cc23)CC1.Cl. The van der Waals surface area contributed by atoms with Gasteiger partial charge in [-0.25, -0.2) is 4.79 Å². The van der Waals surface area contributed by atoms with E-state index in [1.165, 1.54) is 0 Å². The van der Waals surface area contributed by atoms with Crippen LogP contribution in [0.15, 0.2) is 59.2 Å². The van der Waals surface area contributed by atoms with Crippen LogP contribution in [-0.4, -0.2) is 49.1 Å². The molecule has 1 aliphatic heterocycles. The molecule has 29 heavy (non-hydrogen) atoms. The Bertz CT molecular complexity index is 1010. The molecule has 0 bridgehead atoms. The zero-order chi connectivity index (χ0) is 19.5. The van der Waals surface area contributed by atoms with Crippen LogP contribution in [0, 0.1) is 0 Å². The van der Waals surface area contributed by atoms with E-state index >= 15 is 0 Å². The minimum Gasteiger partial charge on any atom is -0.368 e. The third-order valence-corrected chi connectivity index (χ3v) is 5.63. The number of fused-ring (bicyclic) bond motifs is 1. The number of aromatic nitrogens is 1. The summed E-state index contributed by atoms with van der Waals surface area (Å²) >= 11 is 3.44. The quantitative estimate of drug-likeness (QED) is 0.569. The summed E-state index contributed by atoms with van der Waals surface area (Å²) in [7, 11) is 2.15. The van der Waals surface area contributed by atoms with Gasteiger partial charge in [-0.1, -0.05) is 12.1 Å². The van der Waals surface area contributed by atoms with Crippen LogP contribution in [0.1, 0.15) is 0 Å². The van der Waals surface area contributed by atoms with Gasteiger partial charge in [0.25, 0.3) is 0 Å². The van der Waals surface area contributed by atoms with E-state index in [1.807, 2.05) is 48.7 Å². The molecule has 2 N–H and O–H groups in total. The number of halogens is 2. The highest BCUT2D eigenvalue weighted by molar-refractivity contribution is 9.10. The number of nitrogens with one attached hydrogen (secondary N) is 2. The Labute approximate surface area is 184 Å². The smallest absolute Gasteiger partial charge is 0.323 e. The molecule has 4 rings (SSSR count). The molecular formula is C21H23BrClN5O. The second-order valence-electron chi connectivity index (χ2n) is 6.91. The number of nitrogens with zero attached hydrogens (tertiary/aromatic N) is 3. The van der Waals surface area contributed by atoms with Gasteiger partial charge < -0.3 is 20.4 Å². The van der Waals surface area contributed by atoms with Crippen molar-refractivity contribution in [3.63, 3.8) is 0 Å². The number of urea groups is 1. The van der Waals surface area contributed by atoms with Gasteiger partial charge in [0.2, 0.25) is 0 Å². The molecule has 0 aliphatic carbocycles. The van der Waals surface area contributed by atoms with Crippen molar-refractivity contribution in [3.8, 4) is 0 Å². The number of rotatable bonds is 3. The fourth-order valence-corrected chi connectivity index (χ4v) is 3.76. The Balaban J connectivity index is 0.00000240. The van der Waals surface area contributed by atoms with Gasteiger partial charge in [0, 0.05) is 53.6 Å². The molecule has 2 aromatic carbocycles. The Morgan fingerprint density at radius 1 is 1.03 bits per heavy atom. The van der Waals surface area contributed by atoms with Crippen molar-refractivity contribution in [1.29, 1.82) is 0 Å². The van der Waals surface area contributed by atoms with E-state index in [4.69, 9.17) is 0 Å². The monoisotopic (exact) mass is 475 g/mol. The molecule has 1 aromatic heterocycles. The van der Waals surface area contributed by atoms with Crippen LogP contribution < -0.4 is 15.5 Å². The second kappa shape index (κ2) is 9.43. The molecule has 1 fully saturated rings. The number of anilines is 3. The summed E-state index contributed by atoms with van der Waals surface area (Å²) in [5.41, 5.74) is 3.54. The molecule has 6 nitrogen and oxygen atoms in total. The lowest BCUT2D eigenvalue weighted by molar-refractivity contribution is 0.262. The molecule has 152 valence electrons. The lowest BCUT2D eigenvalue weighted by atomic mass is 10.1. The highest BCUT2D eigenvalue weighted by atomic mass is 79.9. The van der Waals surface area contributed by atoms with Crippen molar-refractivity contribution < 1.29 is 4.79 Å². The van der Waals surface area contributed by atoms with Crippen LogP contribution in [0.2, 0.25) is 0 Å². The lowest BCUT2D eigenvalue weighted by Gasteiger charge is -2.34. The van der Waals surface area contributed by atoms with Gasteiger partial charge in [0.15, 0.2) is 0 Å². The number of hydrogen-bond acceptors (Lipinski definition) is 4.